The second-order valence-electron chi connectivity index (χ2n) is 4.35. The number of hydrogen-bond donors (Lipinski definition) is 0. The molecule has 2 rings (SSSR count). The zero-order valence-corrected chi connectivity index (χ0v) is 10.4. The van der Waals surface area contributed by atoms with E-state index in [0.717, 1.165) is 11.1 Å². The van der Waals surface area contributed by atoms with Crippen molar-refractivity contribution in [3.8, 4) is 0 Å². The maximum atomic E-state index is 11.8. The van der Waals surface area contributed by atoms with E-state index in [4.69, 9.17) is 0 Å². The fourth-order valence-corrected chi connectivity index (χ4v) is 1.81. The van der Waals surface area contributed by atoms with Gasteiger partial charge < -0.3 is 0 Å². The lowest BCUT2D eigenvalue weighted by Crippen LogP contribution is -2.10. The quantitative estimate of drug-likeness (QED) is 0.742. The molecule has 0 radical (unpaired) electrons. The van der Waals surface area contributed by atoms with Crippen molar-refractivity contribution < 1.29 is 9.59 Å². The molecule has 0 N–H and O–H groups in total. The van der Waals surface area contributed by atoms with E-state index in [2.05, 4.69) is 0 Å². The summed E-state index contributed by atoms with van der Waals surface area (Å²) in [4.78, 5) is 23.3. The Hall–Kier alpha value is -2.22. The van der Waals surface area contributed by atoms with Crippen LogP contribution < -0.4 is 0 Å². The zero-order chi connectivity index (χ0) is 13.1. The van der Waals surface area contributed by atoms with Gasteiger partial charge in [-0.25, -0.2) is 0 Å². The SMILES string of the molecule is CC1=CC(=O)C(/C=C(/C)c2ccccc2)=CC1=O. The van der Waals surface area contributed by atoms with E-state index in [1.54, 1.807) is 13.0 Å². The van der Waals surface area contributed by atoms with Crippen LogP contribution in [0.5, 0.6) is 0 Å². The molecule has 0 aromatic heterocycles. The van der Waals surface area contributed by atoms with Gasteiger partial charge >= 0.3 is 0 Å². The van der Waals surface area contributed by atoms with Gasteiger partial charge in [0.05, 0.1) is 0 Å². The van der Waals surface area contributed by atoms with E-state index in [-0.39, 0.29) is 11.6 Å². The summed E-state index contributed by atoms with van der Waals surface area (Å²) >= 11 is 0. The van der Waals surface area contributed by atoms with Crippen molar-refractivity contribution in [2.45, 2.75) is 13.8 Å². The summed E-state index contributed by atoms with van der Waals surface area (Å²) in [6.45, 7) is 3.58. The van der Waals surface area contributed by atoms with Gasteiger partial charge in [0.25, 0.3) is 0 Å². The predicted molar refractivity (Wildman–Crippen MR) is 71.9 cm³/mol. The van der Waals surface area contributed by atoms with Gasteiger partial charge in [-0.1, -0.05) is 30.3 Å². The summed E-state index contributed by atoms with van der Waals surface area (Å²) < 4.78 is 0. The smallest absolute Gasteiger partial charge is 0.186 e. The van der Waals surface area contributed by atoms with Crippen LogP contribution in [0.25, 0.3) is 5.57 Å². The molecule has 1 aromatic carbocycles. The molecule has 0 amide bonds. The summed E-state index contributed by atoms with van der Waals surface area (Å²) in [5.41, 5.74) is 2.96. The van der Waals surface area contributed by atoms with E-state index in [9.17, 15) is 9.59 Å². The van der Waals surface area contributed by atoms with Crippen molar-refractivity contribution in [1.82, 2.24) is 0 Å². The van der Waals surface area contributed by atoms with Gasteiger partial charge in [0.1, 0.15) is 0 Å². The number of allylic oxidation sites excluding steroid dienone is 6. The van der Waals surface area contributed by atoms with Gasteiger partial charge in [-0.2, -0.15) is 0 Å². The number of rotatable bonds is 2. The topological polar surface area (TPSA) is 34.1 Å². The average Bonchev–Trinajstić information content (AvgIpc) is 2.37. The van der Waals surface area contributed by atoms with Crippen molar-refractivity contribution in [2.24, 2.45) is 0 Å². The minimum atomic E-state index is -0.109. The Morgan fingerprint density at radius 2 is 1.67 bits per heavy atom. The van der Waals surface area contributed by atoms with Crippen molar-refractivity contribution in [3.63, 3.8) is 0 Å². The Morgan fingerprint density at radius 3 is 2.33 bits per heavy atom. The van der Waals surface area contributed by atoms with Crippen LogP contribution in [0.3, 0.4) is 0 Å². The molecule has 0 bridgehead atoms. The highest BCUT2D eigenvalue weighted by Crippen LogP contribution is 2.19. The molecule has 2 nitrogen and oxygen atoms in total. The number of benzene rings is 1. The van der Waals surface area contributed by atoms with Crippen LogP contribution in [0.2, 0.25) is 0 Å². The van der Waals surface area contributed by atoms with E-state index < -0.39 is 0 Å². The number of carbonyl (C=O) groups excluding carboxylic acids is 2. The normalized spacial score (nSPS) is 16.4. The van der Waals surface area contributed by atoms with E-state index in [0.29, 0.717) is 11.1 Å². The van der Waals surface area contributed by atoms with Crippen LogP contribution in [-0.4, -0.2) is 11.6 Å². The first-order chi connectivity index (χ1) is 8.58. The predicted octanol–water partition coefficient (Wildman–Crippen LogP) is 3.11. The Bertz CT molecular complexity index is 587. The largest absolute Gasteiger partial charge is 0.290 e. The fourth-order valence-electron chi connectivity index (χ4n) is 1.81. The van der Waals surface area contributed by atoms with E-state index in [1.165, 1.54) is 12.2 Å². The van der Waals surface area contributed by atoms with Crippen LogP contribution in [0, 0.1) is 0 Å². The fraction of sp³-hybridized carbons (Fsp3) is 0.125. The number of hydrogen-bond acceptors (Lipinski definition) is 2. The van der Waals surface area contributed by atoms with Crippen molar-refractivity contribution in [3.05, 3.63) is 65.3 Å². The van der Waals surface area contributed by atoms with Crippen LogP contribution in [0.1, 0.15) is 19.4 Å². The first-order valence-electron chi connectivity index (χ1n) is 5.80. The second-order valence-corrected chi connectivity index (χ2v) is 4.35. The zero-order valence-electron chi connectivity index (χ0n) is 10.4. The third kappa shape index (κ3) is 2.54. The molecule has 0 unspecified atom stereocenters. The number of carbonyl (C=O) groups is 2. The Labute approximate surface area is 106 Å². The lowest BCUT2D eigenvalue weighted by atomic mass is 9.95. The molecule has 1 aliphatic carbocycles. The first kappa shape index (κ1) is 12.2. The summed E-state index contributed by atoms with van der Waals surface area (Å²) in [5, 5.41) is 0. The van der Waals surface area contributed by atoms with Gasteiger partial charge in [-0.3, -0.25) is 9.59 Å². The summed E-state index contributed by atoms with van der Waals surface area (Å²) in [5.74, 6) is -0.205. The van der Waals surface area contributed by atoms with Crippen molar-refractivity contribution in [1.29, 1.82) is 0 Å². The third-order valence-corrected chi connectivity index (χ3v) is 2.91. The highest BCUT2D eigenvalue weighted by atomic mass is 16.1. The summed E-state index contributed by atoms with van der Waals surface area (Å²) in [6, 6.07) is 9.78. The van der Waals surface area contributed by atoms with Crippen molar-refractivity contribution in [2.75, 3.05) is 0 Å². The second kappa shape index (κ2) is 4.96. The molecule has 0 fully saturated rings. The van der Waals surface area contributed by atoms with Gasteiger partial charge in [-0.05, 0) is 43.2 Å². The van der Waals surface area contributed by atoms with Crippen molar-refractivity contribution >= 4 is 17.1 Å². The Balaban J connectivity index is 2.32. The standard InChI is InChI=1S/C16H14O2/c1-11(13-6-4-3-5-7-13)8-14-10-15(17)12(2)9-16(14)18/h3-10H,1-2H3/b11-8-. The van der Waals surface area contributed by atoms with Gasteiger partial charge in [0, 0.05) is 11.1 Å². The molecule has 2 heteroatoms. The third-order valence-electron chi connectivity index (χ3n) is 2.91. The lowest BCUT2D eigenvalue weighted by Gasteiger charge is -2.07. The molecule has 0 atom stereocenters. The molecule has 0 saturated carbocycles. The van der Waals surface area contributed by atoms with Crippen LogP contribution in [0.15, 0.2) is 59.7 Å². The molecule has 90 valence electrons. The minimum Gasteiger partial charge on any atom is -0.290 e. The maximum absolute atomic E-state index is 11.8. The van der Waals surface area contributed by atoms with Crippen LogP contribution >= 0.6 is 0 Å². The maximum Gasteiger partial charge on any atom is 0.186 e. The lowest BCUT2D eigenvalue weighted by molar-refractivity contribution is -0.114. The Morgan fingerprint density at radius 1 is 1.00 bits per heavy atom. The van der Waals surface area contributed by atoms with Gasteiger partial charge in [0.15, 0.2) is 11.6 Å². The van der Waals surface area contributed by atoms with Gasteiger partial charge in [0.2, 0.25) is 0 Å². The molecule has 1 aromatic rings. The molecular formula is C16H14O2. The Kier molecular flexibility index (Phi) is 3.38. The molecule has 0 saturated heterocycles. The van der Waals surface area contributed by atoms with Crippen LogP contribution in [-0.2, 0) is 9.59 Å². The molecule has 0 aliphatic heterocycles. The average molecular weight is 238 g/mol. The first-order valence-corrected chi connectivity index (χ1v) is 5.80. The van der Waals surface area contributed by atoms with Gasteiger partial charge in [-0.15, -0.1) is 0 Å². The number of ketones is 2. The molecular weight excluding hydrogens is 224 g/mol. The molecule has 0 spiro atoms. The van der Waals surface area contributed by atoms with Crippen LogP contribution in [0.4, 0.5) is 0 Å². The summed E-state index contributed by atoms with van der Waals surface area (Å²) in [6.07, 6.45) is 4.56. The monoisotopic (exact) mass is 238 g/mol. The minimum absolute atomic E-state index is 0.0956. The van der Waals surface area contributed by atoms with E-state index >= 15 is 0 Å². The molecule has 0 heterocycles. The van der Waals surface area contributed by atoms with E-state index in [1.807, 2.05) is 37.3 Å². The highest BCUT2D eigenvalue weighted by molar-refractivity contribution is 6.21. The molecule has 18 heavy (non-hydrogen) atoms. The molecule has 1 aliphatic rings. The summed E-state index contributed by atoms with van der Waals surface area (Å²) in [7, 11) is 0. The highest BCUT2D eigenvalue weighted by Gasteiger charge is 2.15.